The Bertz CT molecular complexity index is 222. The van der Waals surface area contributed by atoms with Crippen LogP contribution < -0.4 is 5.32 Å². The van der Waals surface area contributed by atoms with E-state index in [9.17, 15) is 9.90 Å². The van der Waals surface area contributed by atoms with Gasteiger partial charge in [-0.2, -0.15) is 0 Å². The third kappa shape index (κ3) is 3.20. The summed E-state index contributed by atoms with van der Waals surface area (Å²) in [6.45, 7) is 6.22. The Hall–Kier alpha value is -0.570. The first kappa shape index (κ1) is 12.5. The average molecular weight is 213 g/mol. The summed E-state index contributed by atoms with van der Waals surface area (Å²) < 4.78 is 0. The number of nitrogens with one attached hydrogen (secondary N) is 1. The van der Waals surface area contributed by atoms with Gasteiger partial charge < -0.3 is 10.4 Å². The van der Waals surface area contributed by atoms with Crippen LogP contribution in [-0.4, -0.2) is 23.2 Å². The van der Waals surface area contributed by atoms with Gasteiger partial charge in [0.25, 0.3) is 0 Å². The van der Waals surface area contributed by atoms with Crippen LogP contribution in [0, 0.1) is 11.8 Å². The molecule has 15 heavy (non-hydrogen) atoms. The zero-order chi connectivity index (χ0) is 11.5. The molecule has 0 heterocycles. The van der Waals surface area contributed by atoms with Crippen molar-refractivity contribution in [2.24, 2.45) is 11.8 Å². The molecule has 3 heteroatoms. The van der Waals surface area contributed by atoms with Crippen molar-refractivity contribution in [3.05, 3.63) is 0 Å². The summed E-state index contributed by atoms with van der Waals surface area (Å²) in [4.78, 5) is 11.6. The van der Waals surface area contributed by atoms with Crippen molar-refractivity contribution in [2.75, 3.05) is 6.54 Å². The highest BCUT2D eigenvalue weighted by atomic mass is 16.3. The predicted molar refractivity (Wildman–Crippen MR) is 60.4 cm³/mol. The first-order valence-electron chi connectivity index (χ1n) is 5.97. The fraction of sp³-hybridized carbons (Fsp3) is 0.917. The molecule has 2 atom stereocenters. The Kier molecular flexibility index (Phi) is 4.14. The maximum atomic E-state index is 11.6. The van der Waals surface area contributed by atoms with E-state index in [0.717, 1.165) is 19.3 Å². The van der Waals surface area contributed by atoms with Gasteiger partial charge >= 0.3 is 0 Å². The van der Waals surface area contributed by atoms with E-state index >= 15 is 0 Å². The van der Waals surface area contributed by atoms with Gasteiger partial charge in [0.2, 0.25) is 5.91 Å². The van der Waals surface area contributed by atoms with E-state index in [1.54, 1.807) is 6.92 Å². The third-order valence-corrected chi connectivity index (χ3v) is 3.77. The van der Waals surface area contributed by atoms with Crippen molar-refractivity contribution in [2.45, 2.75) is 52.1 Å². The van der Waals surface area contributed by atoms with Gasteiger partial charge in [0.1, 0.15) is 0 Å². The predicted octanol–water partition coefficient (Wildman–Crippen LogP) is 1.70. The molecule has 1 aliphatic rings. The molecule has 1 fully saturated rings. The second-order valence-electron chi connectivity index (χ2n) is 5.01. The minimum Gasteiger partial charge on any atom is -0.388 e. The van der Waals surface area contributed by atoms with Gasteiger partial charge in [-0.05, 0) is 25.7 Å². The number of amides is 1. The van der Waals surface area contributed by atoms with Crippen LogP contribution in [0.1, 0.15) is 46.5 Å². The molecule has 0 aromatic heterocycles. The molecule has 0 aromatic carbocycles. The van der Waals surface area contributed by atoms with E-state index in [2.05, 4.69) is 5.32 Å². The SMILES string of the molecule is CCC(C)C(C)(O)CNC(=O)C1CCC1. The topological polar surface area (TPSA) is 49.3 Å². The molecule has 1 amide bonds. The summed E-state index contributed by atoms with van der Waals surface area (Å²) in [6.07, 6.45) is 4.11. The molecular weight excluding hydrogens is 190 g/mol. The summed E-state index contributed by atoms with van der Waals surface area (Å²) in [7, 11) is 0. The summed E-state index contributed by atoms with van der Waals surface area (Å²) in [5, 5.41) is 12.9. The summed E-state index contributed by atoms with van der Waals surface area (Å²) in [5.41, 5.74) is -0.784. The van der Waals surface area contributed by atoms with Crippen LogP contribution in [-0.2, 0) is 4.79 Å². The number of hydrogen-bond acceptors (Lipinski definition) is 2. The lowest BCUT2D eigenvalue weighted by molar-refractivity contribution is -0.129. The molecular formula is C12H23NO2. The minimum atomic E-state index is -0.784. The average Bonchev–Trinajstić information content (AvgIpc) is 2.11. The number of rotatable bonds is 5. The monoisotopic (exact) mass is 213 g/mol. The Morgan fingerprint density at radius 1 is 1.60 bits per heavy atom. The number of carbonyl (C=O) groups excluding carboxylic acids is 1. The lowest BCUT2D eigenvalue weighted by atomic mass is 9.84. The standard InChI is InChI=1S/C12H23NO2/c1-4-9(2)12(3,15)8-13-11(14)10-6-5-7-10/h9-10,15H,4-8H2,1-3H3,(H,13,14). The van der Waals surface area contributed by atoms with Gasteiger partial charge in [0.15, 0.2) is 0 Å². The van der Waals surface area contributed by atoms with Gasteiger partial charge in [-0.15, -0.1) is 0 Å². The maximum Gasteiger partial charge on any atom is 0.223 e. The van der Waals surface area contributed by atoms with Crippen LogP contribution in [0.3, 0.4) is 0 Å². The zero-order valence-electron chi connectivity index (χ0n) is 10.0. The van der Waals surface area contributed by atoms with Gasteiger partial charge in [0.05, 0.1) is 5.60 Å². The van der Waals surface area contributed by atoms with Gasteiger partial charge in [0, 0.05) is 12.5 Å². The highest BCUT2D eigenvalue weighted by Gasteiger charge is 2.30. The Morgan fingerprint density at radius 2 is 2.20 bits per heavy atom. The van der Waals surface area contributed by atoms with Crippen LogP contribution in [0.25, 0.3) is 0 Å². The Labute approximate surface area is 92.3 Å². The van der Waals surface area contributed by atoms with Gasteiger partial charge in [-0.1, -0.05) is 26.7 Å². The van der Waals surface area contributed by atoms with E-state index in [4.69, 9.17) is 0 Å². The molecule has 0 spiro atoms. The molecule has 1 saturated carbocycles. The fourth-order valence-corrected chi connectivity index (χ4v) is 1.69. The van der Waals surface area contributed by atoms with E-state index in [1.165, 1.54) is 6.42 Å². The molecule has 0 radical (unpaired) electrons. The zero-order valence-corrected chi connectivity index (χ0v) is 10.0. The highest BCUT2D eigenvalue weighted by Crippen LogP contribution is 2.26. The van der Waals surface area contributed by atoms with Crippen LogP contribution in [0.15, 0.2) is 0 Å². The van der Waals surface area contributed by atoms with Crippen LogP contribution in [0.2, 0.25) is 0 Å². The molecule has 3 nitrogen and oxygen atoms in total. The molecule has 2 N–H and O–H groups in total. The number of carbonyl (C=O) groups is 1. The molecule has 0 saturated heterocycles. The van der Waals surface area contributed by atoms with Crippen molar-refractivity contribution in [1.29, 1.82) is 0 Å². The van der Waals surface area contributed by atoms with Crippen molar-refractivity contribution in [3.8, 4) is 0 Å². The third-order valence-electron chi connectivity index (χ3n) is 3.77. The second kappa shape index (κ2) is 4.97. The highest BCUT2D eigenvalue weighted by molar-refractivity contribution is 5.79. The van der Waals surface area contributed by atoms with Crippen LogP contribution in [0.4, 0.5) is 0 Å². The number of hydrogen-bond donors (Lipinski definition) is 2. The number of aliphatic hydroxyl groups is 1. The second-order valence-corrected chi connectivity index (χ2v) is 5.01. The van der Waals surface area contributed by atoms with E-state index in [1.807, 2.05) is 13.8 Å². The Morgan fingerprint density at radius 3 is 2.60 bits per heavy atom. The first-order chi connectivity index (χ1) is 6.97. The molecule has 1 rings (SSSR count). The lowest BCUT2D eigenvalue weighted by Gasteiger charge is -2.31. The summed E-state index contributed by atoms with van der Waals surface area (Å²) in [6, 6.07) is 0. The quantitative estimate of drug-likeness (QED) is 0.730. The van der Waals surface area contributed by atoms with Crippen molar-refractivity contribution in [3.63, 3.8) is 0 Å². The van der Waals surface area contributed by atoms with Crippen molar-refractivity contribution in [1.82, 2.24) is 5.32 Å². The summed E-state index contributed by atoms with van der Waals surface area (Å²) in [5.74, 6) is 0.529. The molecule has 0 aromatic rings. The maximum absolute atomic E-state index is 11.6. The molecule has 1 aliphatic carbocycles. The summed E-state index contributed by atoms with van der Waals surface area (Å²) >= 11 is 0. The molecule has 0 bridgehead atoms. The Balaban J connectivity index is 2.31. The first-order valence-corrected chi connectivity index (χ1v) is 5.97. The van der Waals surface area contributed by atoms with E-state index in [0.29, 0.717) is 6.54 Å². The molecule has 88 valence electrons. The lowest BCUT2D eigenvalue weighted by Crippen LogP contribution is -2.47. The van der Waals surface area contributed by atoms with Crippen LogP contribution >= 0.6 is 0 Å². The van der Waals surface area contributed by atoms with Crippen LogP contribution in [0.5, 0.6) is 0 Å². The smallest absolute Gasteiger partial charge is 0.223 e. The van der Waals surface area contributed by atoms with Crippen molar-refractivity contribution >= 4 is 5.91 Å². The van der Waals surface area contributed by atoms with E-state index in [-0.39, 0.29) is 17.7 Å². The largest absolute Gasteiger partial charge is 0.388 e. The molecule has 2 unspecified atom stereocenters. The fourth-order valence-electron chi connectivity index (χ4n) is 1.69. The minimum absolute atomic E-state index is 0.116. The van der Waals surface area contributed by atoms with E-state index < -0.39 is 5.60 Å². The molecule has 0 aliphatic heterocycles. The van der Waals surface area contributed by atoms with Gasteiger partial charge in [-0.3, -0.25) is 4.79 Å². The van der Waals surface area contributed by atoms with Gasteiger partial charge in [-0.25, -0.2) is 0 Å². The normalized spacial score (nSPS) is 22.7. The van der Waals surface area contributed by atoms with Crippen molar-refractivity contribution < 1.29 is 9.90 Å².